The van der Waals surface area contributed by atoms with Gasteiger partial charge in [-0.2, -0.15) is 0 Å². The summed E-state index contributed by atoms with van der Waals surface area (Å²) in [6, 6.07) is 1.81. The van der Waals surface area contributed by atoms with Gasteiger partial charge in [0.25, 0.3) is 0 Å². The Labute approximate surface area is 112 Å². The molecular formula is C14H17ClN2O. The number of nitrogens with two attached hydrogens (primary N) is 1. The van der Waals surface area contributed by atoms with Gasteiger partial charge in [-0.05, 0) is 43.9 Å². The minimum absolute atomic E-state index is 0.516. The average Bonchev–Trinajstić information content (AvgIpc) is 2.30. The molecule has 18 heavy (non-hydrogen) atoms. The summed E-state index contributed by atoms with van der Waals surface area (Å²) in [5.41, 5.74) is 7.92. The van der Waals surface area contributed by atoms with Crippen LogP contribution in [0.15, 0.2) is 23.8 Å². The van der Waals surface area contributed by atoms with Gasteiger partial charge >= 0.3 is 0 Å². The number of allylic oxidation sites excluding steroid dienone is 2. The third-order valence-corrected chi connectivity index (χ3v) is 3.66. The zero-order valence-electron chi connectivity index (χ0n) is 10.4. The Morgan fingerprint density at radius 1 is 1.61 bits per heavy atom. The molecule has 1 aromatic rings. The van der Waals surface area contributed by atoms with Crippen molar-refractivity contribution in [3.05, 3.63) is 40.7 Å². The van der Waals surface area contributed by atoms with Gasteiger partial charge in [-0.1, -0.05) is 24.3 Å². The van der Waals surface area contributed by atoms with E-state index in [1.807, 2.05) is 6.92 Å². The first-order valence-corrected chi connectivity index (χ1v) is 6.34. The maximum atomic E-state index is 10.3. The normalized spacial score (nSPS) is 18.3. The third kappa shape index (κ3) is 2.28. The molecule has 0 bridgehead atoms. The fraction of sp³-hybridized carbons (Fsp3) is 0.357. The van der Waals surface area contributed by atoms with Crippen LogP contribution in [0.25, 0.3) is 6.08 Å². The highest BCUT2D eigenvalue weighted by molar-refractivity contribution is 6.33. The predicted octanol–water partition coefficient (Wildman–Crippen LogP) is 3.11. The second-order valence-electron chi connectivity index (χ2n) is 4.72. The van der Waals surface area contributed by atoms with E-state index >= 15 is 0 Å². The van der Waals surface area contributed by atoms with Crippen molar-refractivity contribution in [2.45, 2.75) is 31.8 Å². The first-order chi connectivity index (χ1) is 8.46. The molecule has 1 aromatic heterocycles. The van der Waals surface area contributed by atoms with Crippen molar-refractivity contribution < 1.29 is 5.11 Å². The number of hydrogen-bond donors (Lipinski definition) is 2. The molecule has 0 amide bonds. The quantitative estimate of drug-likeness (QED) is 0.825. The highest BCUT2D eigenvalue weighted by Crippen LogP contribution is 2.42. The molecule has 1 fully saturated rings. The lowest BCUT2D eigenvalue weighted by atomic mass is 9.77. The third-order valence-electron chi connectivity index (χ3n) is 3.39. The Hall–Kier alpha value is -1.32. The molecule has 2 rings (SSSR count). The van der Waals surface area contributed by atoms with Crippen molar-refractivity contribution in [3.8, 4) is 0 Å². The van der Waals surface area contributed by atoms with Crippen LogP contribution in [0.2, 0.25) is 0 Å². The van der Waals surface area contributed by atoms with Gasteiger partial charge in [0, 0.05) is 10.7 Å². The summed E-state index contributed by atoms with van der Waals surface area (Å²) in [5.74, 6) is 0. The van der Waals surface area contributed by atoms with E-state index < -0.39 is 5.60 Å². The number of rotatable bonds is 3. The van der Waals surface area contributed by atoms with Crippen molar-refractivity contribution in [1.29, 1.82) is 0 Å². The van der Waals surface area contributed by atoms with Gasteiger partial charge in [-0.25, -0.2) is 0 Å². The number of nitrogen functional groups attached to an aromatic ring is 1. The Morgan fingerprint density at radius 3 is 2.78 bits per heavy atom. The number of anilines is 1. The second-order valence-corrected chi connectivity index (χ2v) is 5.16. The van der Waals surface area contributed by atoms with E-state index in [4.69, 9.17) is 17.3 Å². The molecule has 0 saturated heterocycles. The van der Waals surface area contributed by atoms with Gasteiger partial charge in [-0.3, -0.25) is 4.98 Å². The van der Waals surface area contributed by atoms with Gasteiger partial charge in [0.1, 0.15) is 5.60 Å². The highest BCUT2D eigenvalue weighted by atomic mass is 35.5. The zero-order chi connectivity index (χ0) is 13.3. The van der Waals surface area contributed by atoms with Crippen molar-refractivity contribution in [1.82, 2.24) is 4.98 Å². The molecule has 0 unspecified atom stereocenters. The largest absolute Gasteiger partial charge is 0.397 e. The fourth-order valence-electron chi connectivity index (χ4n) is 2.11. The van der Waals surface area contributed by atoms with Crippen LogP contribution in [0, 0.1) is 6.92 Å². The molecule has 0 spiro atoms. The monoisotopic (exact) mass is 264 g/mol. The molecule has 0 aromatic carbocycles. The molecule has 3 N–H and O–H groups in total. The standard InChI is InChI=1S/C14H17ClN2O/c1-3-11(15)7-10-8-12(16)13(17-9(10)2)14(18)5-4-6-14/h3,7-8,18H,1,4-6,16H2,2H3/b11-7+. The first-order valence-electron chi connectivity index (χ1n) is 5.96. The lowest BCUT2D eigenvalue weighted by molar-refractivity contribution is -0.0419. The smallest absolute Gasteiger partial charge is 0.109 e. The van der Waals surface area contributed by atoms with Crippen LogP contribution in [0.4, 0.5) is 5.69 Å². The molecule has 0 atom stereocenters. The lowest BCUT2D eigenvalue weighted by Crippen LogP contribution is -2.35. The van der Waals surface area contributed by atoms with E-state index in [2.05, 4.69) is 11.6 Å². The molecule has 1 saturated carbocycles. The highest BCUT2D eigenvalue weighted by Gasteiger charge is 2.39. The molecule has 1 aliphatic rings. The summed E-state index contributed by atoms with van der Waals surface area (Å²) in [6.45, 7) is 5.48. The summed E-state index contributed by atoms with van der Waals surface area (Å²) in [4.78, 5) is 4.44. The van der Waals surface area contributed by atoms with Crippen molar-refractivity contribution in [3.63, 3.8) is 0 Å². The average molecular weight is 265 g/mol. The zero-order valence-corrected chi connectivity index (χ0v) is 11.2. The molecule has 3 nitrogen and oxygen atoms in total. The fourth-order valence-corrected chi connectivity index (χ4v) is 2.23. The van der Waals surface area contributed by atoms with E-state index in [0.29, 0.717) is 16.4 Å². The Bertz CT molecular complexity index is 519. The Morgan fingerprint density at radius 2 is 2.28 bits per heavy atom. The van der Waals surface area contributed by atoms with Crippen LogP contribution < -0.4 is 5.73 Å². The van der Waals surface area contributed by atoms with Crippen LogP contribution in [-0.2, 0) is 5.60 Å². The van der Waals surface area contributed by atoms with E-state index in [9.17, 15) is 5.11 Å². The molecule has 1 aliphatic carbocycles. The molecule has 4 heteroatoms. The molecular weight excluding hydrogens is 248 g/mol. The van der Waals surface area contributed by atoms with Crippen LogP contribution in [0.3, 0.4) is 0 Å². The van der Waals surface area contributed by atoms with Crippen molar-refractivity contribution in [2.24, 2.45) is 0 Å². The van der Waals surface area contributed by atoms with Crippen molar-refractivity contribution in [2.75, 3.05) is 5.73 Å². The SMILES string of the molecule is C=C/C(Cl)=C\c1cc(N)c(C2(O)CCC2)nc1C. The number of nitrogens with zero attached hydrogens (tertiary/aromatic N) is 1. The van der Waals surface area contributed by atoms with Crippen LogP contribution in [-0.4, -0.2) is 10.1 Å². The van der Waals surface area contributed by atoms with E-state index in [1.54, 1.807) is 18.2 Å². The number of aromatic nitrogens is 1. The number of hydrogen-bond acceptors (Lipinski definition) is 3. The van der Waals surface area contributed by atoms with Gasteiger partial charge in [0.05, 0.1) is 11.4 Å². The summed E-state index contributed by atoms with van der Waals surface area (Å²) < 4.78 is 0. The first kappa shape index (κ1) is 13.1. The van der Waals surface area contributed by atoms with Crippen LogP contribution in [0.5, 0.6) is 0 Å². The van der Waals surface area contributed by atoms with E-state index in [-0.39, 0.29) is 0 Å². The number of aryl methyl sites for hydroxylation is 1. The van der Waals surface area contributed by atoms with Crippen molar-refractivity contribution >= 4 is 23.4 Å². The van der Waals surface area contributed by atoms with Gasteiger partial charge in [-0.15, -0.1) is 0 Å². The minimum Gasteiger partial charge on any atom is -0.397 e. The summed E-state index contributed by atoms with van der Waals surface area (Å²) in [6.07, 6.45) is 5.80. The second kappa shape index (κ2) is 4.75. The summed E-state index contributed by atoms with van der Waals surface area (Å²) >= 11 is 5.92. The number of pyridine rings is 1. The minimum atomic E-state index is -0.834. The van der Waals surface area contributed by atoms with Gasteiger partial charge in [0.15, 0.2) is 0 Å². The Kier molecular flexibility index (Phi) is 3.46. The lowest BCUT2D eigenvalue weighted by Gasteiger charge is -2.36. The van der Waals surface area contributed by atoms with E-state index in [1.165, 1.54) is 0 Å². The van der Waals surface area contributed by atoms with Crippen LogP contribution in [0.1, 0.15) is 36.2 Å². The Balaban J connectivity index is 2.44. The topological polar surface area (TPSA) is 59.1 Å². The van der Waals surface area contributed by atoms with Crippen LogP contribution >= 0.6 is 11.6 Å². The summed E-state index contributed by atoms with van der Waals surface area (Å²) in [7, 11) is 0. The summed E-state index contributed by atoms with van der Waals surface area (Å²) in [5, 5.41) is 10.8. The van der Waals surface area contributed by atoms with Gasteiger partial charge < -0.3 is 10.8 Å². The number of halogens is 1. The molecule has 0 aliphatic heterocycles. The predicted molar refractivity (Wildman–Crippen MR) is 75.2 cm³/mol. The molecule has 96 valence electrons. The molecule has 1 heterocycles. The maximum Gasteiger partial charge on any atom is 0.109 e. The maximum absolute atomic E-state index is 10.3. The van der Waals surface area contributed by atoms with Gasteiger partial charge in [0.2, 0.25) is 0 Å². The number of aliphatic hydroxyl groups is 1. The molecule has 0 radical (unpaired) electrons. The van der Waals surface area contributed by atoms with E-state index in [0.717, 1.165) is 30.5 Å².